The van der Waals surface area contributed by atoms with Gasteiger partial charge in [0.1, 0.15) is 17.3 Å². The Hall–Kier alpha value is -4.30. The molecule has 9 heteroatoms. The summed E-state index contributed by atoms with van der Waals surface area (Å²) in [6.45, 7) is 3.96. The fourth-order valence-corrected chi connectivity index (χ4v) is 4.71. The van der Waals surface area contributed by atoms with Crippen LogP contribution in [0.25, 0.3) is 16.8 Å². The van der Waals surface area contributed by atoms with Crippen LogP contribution in [0.4, 0.5) is 5.95 Å². The van der Waals surface area contributed by atoms with Crippen LogP contribution in [-0.4, -0.2) is 41.0 Å². The van der Waals surface area contributed by atoms with Gasteiger partial charge in [-0.15, -0.1) is 0 Å². The molecule has 2 N–H and O–H groups in total. The highest BCUT2D eigenvalue weighted by Gasteiger charge is 2.48. The van der Waals surface area contributed by atoms with Crippen LogP contribution in [-0.2, 0) is 9.59 Å². The Labute approximate surface area is 218 Å². The molecule has 2 heterocycles. The van der Waals surface area contributed by atoms with Gasteiger partial charge in [-0.1, -0.05) is 23.7 Å². The Balaban J connectivity index is 1.76. The van der Waals surface area contributed by atoms with Crippen molar-refractivity contribution in [2.45, 2.75) is 19.9 Å². The summed E-state index contributed by atoms with van der Waals surface area (Å²) < 4.78 is 10.7. The maximum atomic E-state index is 13.5. The van der Waals surface area contributed by atoms with Crippen molar-refractivity contribution in [1.82, 2.24) is 9.97 Å². The molecule has 1 aromatic heterocycles. The Kier molecular flexibility index (Phi) is 6.13. The molecule has 0 spiro atoms. The number of carbonyl (C=O) groups excluding carboxylic acids is 2. The summed E-state index contributed by atoms with van der Waals surface area (Å²) in [5, 5.41) is 11.6. The molecule has 4 aromatic rings. The predicted molar refractivity (Wildman–Crippen MR) is 141 cm³/mol. The molecule has 1 aliphatic heterocycles. The highest BCUT2D eigenvalue weighted by molar-refractivity contribution is 6.51. The molecule has 5 rings (SSSR count). The van der Waals surface area contributed by atoms with Gasteiger partial charge in [-0.2, -0.15) is 0 Å². The van der Waals surface area contributed by atoms with Gasteiger partial charge in [0, 0.05) is 5.56 Å². The summed E-state index contributed by atoms with van der Waals surface area (Å²) >= 11 is 6.39. The van der Waals surface area contributed by atoms with Gasteiger partial charge < -0.3 is 19.6 Å². The first-order valence-electron chi connectivity index (χ1n) is 11.5. The standard InChI is InChI=1S/C28H24ClN3O5/c1-14-10-21-22(11-15(14)2)31-28(30-21)32-24(16-6-5-7-17(12-16)36-3)23(26(34)27(32)35)25(33)19-13-18(37-4)8-9-20(19)29/h5-13,24,33H,1-4H3,(H,30,31)/b25-23+. The second kappa shape index (κ2) is 9.29. The maximum absolute atomic E-state index is 13.5. The van der Waals surface area contributed by atoms with Gasteiger partial charge in [0.2, 0.25) is 5.95 Å². The van der Waals surface area contributed by atoms with Crippen molar-refractivity contribution in [1.29, 1.82) is 0 Å². The summed E-state index contributed by atoms with van der Waals surface area (Å²) in [6, 6.07) is 14.5. The van der Waals surface area contributed by atoms with E-state index in [0.717, 1.165) is 16.6 Å². The third-order valence-electron chi connectivity index (χ3n) is 6.60. The number of aromatic nitrogens is 2. The number of hydrogen-bond donors (Lipinski definition) is 2. The predicted octanol–water partition coefficient (Wildman–Crippen LogP) is 5.48. The number of aliphatic hydroxyl groups is 1. The number of methoxy groups -OCH3 is 2. The minimum absolute atomic E-state index is 0.124. The van der Waals surface area contributed by atoms with Crippen LogP contribution in [0.3, 0.4) is 0 Å². The molecule has 1 unspecified atom stereocenters. The zero-order valence-corrected chi connectivity index (χ0v) is 21.4. The lowest BCUT2D eigenvalue weighted by Gasteiger charge is -2.23. The SMILES string of the molecule is COc1cccc(C2/C(=C(\O)c3cc(OC)ccc3Cl)C(=O)C(=O)N2c2nc3cc(C)c(C)cc3[nH]2)c1. The zero-order valence-electron chi connectivity index (χ0n) is 20.6. The molecule has 0 saturated carbocycles. The van der Waals surface area contributed by atoms with Crippen molar-refractivity contribution in [3.05, 3.63) is 87.4 Å². The smallest absolute Gasteiger partial charge is 0.302 e. The first-order valence-corrected chi connectivity index (χ1v) is 11.9. The largest absolute Gasteiger partial charge is 0.507 e. The number of anilines is 1. The second-order valence-electron chi connectivity index (χ2n) is 8.81. The molecule has 188 valence electrons. The lowest BCUT2D eigenvalue weighted by molar-refractivity contribution is -0.132. The van der Waals surface area contributed by atoms with Crippen LogP contribution >= 0.6 is 11.6 Å². The van der Waals surface area contributed by atoms with E-state index in [1.165, 1.54) is 25.2 Å². The van der Waals surface area contributed by atoms with Crippen molar-refractivity contribution in [3.8, 4) is 11.5 Å². The lowest BCUT2D eigenvalue weighted by Crippen LogP contribution is -2.30. The van der Waals surface area contributed by atoms with E-state index >= 15 is 0 Å². The molecule has 0 bridgehead atoms. The van der Waals surface area contributed by atoms with E-state index in [2.05, 4.69) is 9.97 Å². The number of benzene rings is 3. The average molecular weight is 518 g/mol. The first kappa shape index (κ1) is 24.4. The van der Waals surface area contributed by atoms with E-state index < -0.39 is 23.5 Å². The van der Waals surface area contributed by atoms with E-state index in [1.807, 2.05) is 26.0 Å². The van der Waals surface area contributed by atoms with Crippen LogP contribution in [0, 0.1) is 13.8 Å². The molecule has 8 nitrogen and oxygen atoms in total. The van der Waals surface area contributed by atoms with E-state index in [-0.39, 0.29) is 22.1 Å². The monoisotopic (exact) mass is 517 g/mol. The number of Topliss-reactive ketones (excluding diaryl/α,β-unsaturated/α-hetero) is 1. The van der Waals surface area contributed by atoms with Crippen LogP contribution in [0.1, 0.15) is 28.3 Å². The van der Waals surface area contributed by atoms with Gasteiger partial charge >= 0.3 is 5.91 Å². The molecule has 0 aliphatic carbocycles. The van der Waals surface area contributed by atoms with Crippen LogP contribution < -0.4 is 14.4 Å². The van der Waals surface area contributed by atoms with Gasteiger partial charge in [-0.3, -0.25) is 14.5 Å². The topological polar surface area (TPSA) is 105 Å². The van der Waals surface area contributed by atoms with Gasteiger partial charge in [-0.25, -0.2) is 4.98 Å². The zero-order chi connectivity index (χ0) is 26.4. The quantitative estimate of drug-likeness (QED) is 0.206. The molecule has 1 aliphatic rings. The third kappa shape index (κ3) is 4.09. The van der Waals surface area contributed by atoms with E-state index in [9.17, 15) is 14.7 Å². The van der Waals surface area contributed by atoms with Gasteiger partial charge in [0.25, 0.3) is 5.78 Å². The van der Waals surface area contributed by atoms with Crippen LogP contribution in [0.5, 0.6) is 11.5 Å². The number of nitrogens with one attached hydrogen (secondary N) is 1. The van der Waals surface area contributed by atoms with Crippen LogP contribution in [0.15, 0.2) is 60.2 Å². The molecular formula is C28H24ClN3O5. The molecular weight excluding hydrogens is 494 g/mol. The number of H-pyrrole nitrogens is 1. The molecule has 3 aromatic carbocycles. The molecule has 1 atom stereocenters. The summed E-state index contributed by atoms with van der Waals surface area (Å²) in [7, 11) is 3.00. The lowest BCUT2D eigenvalue weighted by atomic mass is 9.95. The number of imidazole rings is 1. The van der Waals surface area contributed by atoms with E-state index in [4.69, 9.17) is 21.1 Å². The van der Waals surface area contributed by atoms with Crippen molar-refractivity contribution < 1.29 is 24.2 Å². The highest BCUT2D eigenvalue weighted by atomic mass is 35.5. The second-order valence-corrected chi connectivity index (χ2v) is 9.21. The Morgan fingerprint density at radius 2 is 1.70 bits per heavy atom. The number of ketones is 1. The molecule has 0 radical (unpaired) electrons. The number of nitrogens with zero attached hydrogens (tertiary/aromatic N) is 2. The fourth-order valence-electron chi connectivity index (χ4n) is 4.51. The normalized spacial score (nSPS) is 17.0. The molecule has 1 amide bonds. The highest BCUT2D eigenvalue weighted by Crippen LogP contribution is 2.43. The summed E-state index contributed by atoms with van der Waals surface area (Å²) in [5.41, 5.74) is 4.07. The maximum Gasteiger partial charge on any atom is 0.302 e. The Bertz CT molecular complexity index is 1570. The number of halogens is 1. The van der Waals surface area contributed by atoms with Crippen LogP contribution in [0.2, 0.25) is 5.02 Å². The number of rotatable bonds is 5. The van der Waals surface area contributed by atoms with Gasteiger partial charge in [0.05, 0.1) is 41.9 Å². The summed E-state index contributed by atoms with van der Waals surface area (Å²) in [6.07, 6.45) is 0. The average Bonchev–Trinajstić information content (AvgIpc) is 3.41. The number of carbonyl (C=O) groups is 2. The number of aromatic amines is 1. The van der Waals surface area contributed by atoms with E-state index in [1.54, 1.807) is 36.4 Å². The number of ether oxygens (including phenoxy) is 2. The van der Waals surface area contributed by atoms with Crippen molar-refractivity contribution >= 4 is 46.0 Å². The Morgan fingerprint density at radius 1 is 1.00 bits per heavy atom. The van der Waals surface area contributed by atoms with Crippen molar-refractivity contribution in [3.63, 3.8) is 0 Å². The number of fused-ring (bicyclic) bond motifs is 1. The van der Waals surface area contributed by atoms with Crippen molar-refractivity contribution in [2.75, 3.05) is 19.1 Å². The molecule has 1 saturated heterocycles. The number of aliphatic hydroxyl groups excluding tert-OH is 1. The first-order chi connectivity index (χ1) is 17.7. The van der Waals surface area contributed by atoms with Crippen molar-refractivity contribution in [2.24, 2.45) is 0 Å². The Morgan fingerprint density at radius 3 is 2.43 bits per heavy atom. The molecule has 1 fully saturated rings. The minimum atomic E-state index is -1.000. The summed E-state index contributed by atoms with van der Waals surface area (Å²) in [5.74, 6) is -0.969. The fraction of sp³-hybridized carbons (Fsp3) is 0.179. The van der Waals surface area contributed by atoms with Gasteiger partial charge in [-0.05, 0) is 73.0 Å². The minimum Gasteiger partial charge on any atom is -0.507 e. The number of aryl methyl sites for hydroxylation is 2. The van der Waals surface area contributed by atoms with E-state index in [0.29, 0.717) is 22.6 Å². The third-order valence-corrected chi connectivity index (χ3v) is 6.93. The number of amides is 1. The summed E-state index contributed by atoms with van der Waals surface area (Å²) in [4.78, 5) is 36.0. The molecule has 37 heavy (non-hydrogen) atoms. The van der Waals surface area contributed by atoms with Gasteiger partial charge in [0.15, 0.2) is 0 Å². The number of hydrogen-bond acceptors (Lipinski definition) is 6.